The maximum atomic E-state index is 8.90. The zero-order chi connectivity index (χ0) is 14.7. The number of hydrogen-bond donors (Lipinski definition) is 3. The van der Waals surface area contributed by atoms with E-state index in [1.807, 2.05) is 42.5 Å². The van der Waals surface area contributed by atoms with Crippen LogP contribution < -0.4 is 20.5 Å². The summed E-state index contributed by atoms with van der Waals surface area (Å²) >= 11 is 0. The first-order valence-corrected chi connectivity index (χ1v) is 6.86. The van der Waals surface area contributed by atoms with Crippen LogP contribution in [0.4, 0.5) is 5.69 Å². The van der Waals surface area contributed by atoms with E-state index < -0.39 is 0 Å². The standard InChI is InChI=1S/C16H18N2O3/c17-13(9-19)8-18-14-4-1-11(2-5-14)12-3-6-15-16(7-12)21-10-20-15/h1-7,13,18-19H,8-10,17H2/t13-/m1/s1. The molecule has 1 aliphatic heterocycles. The number of anilines is 1. The van der Waals surface area contributed by atoms with Gasteiger partial charge in [-0.25, -0.2) is 0 Å². The molecular formula is C16H18N2O3. The number of nitrogens with one attached hydrogen (secondary N) is 1. The number of fused-ring (bicyclic) bond motifs is 1. The fourth-order valence-corrected chi connectivity index (χ4v) is 2.17. The summed E-state index contributed by atoms with van der Waals surface area (Å²) in [6.45, 7) is 0.801. The Hall–Kier alpha value is -2.24. The summed E-state index contributed by atoms with van der Waals surface area (Å²) in [6.07, 6.45) is 0. The van der Waals surface area contributed by atoms with Crippen LogP contribution in [0.15, 0.2) is 42.5 Å². The van der Waals surface area contributed by atoms with Gasteiger partial charge in [0.1, 0.15) is 0 Å². The molecule has 0 fully saturated rings. The minimum absolute atomic E-state index is 0.0255. The summed E-state index contributed by atoms with van der Waals surface area (Å²) in [6, 6.07) is 13.7. The lowest BCUT2D eigenvalue weighted by Gasteiger charge is -2.11. The fraction of sp³-hybridized carbons (Fsp3) is 0.250. The van der Waals surface area contributed by atoms with Gasteiger partial charge in [-0.2, -0.15) is 0 Å². The van der Waals surface area contributed by atoms with Gasteiger partial charge in [0.2, 0.25) is 6.79 Å². The minimum atomic E-state index is -0.251. The lowest BCUT2D eigenvalue weighted by Crippen LogP contribution is -2.32. The molecule has 5 heteroatoms. The van der Waals surface area contributed by atoms with Crippen molar-refractivity contribution in [1.29, 1.82) is 0 Å². The van der Waals surface area contributed by atoms with E-state index in [0.29, 0.717) is 6.54 Å². The Bertz CT molecular complexity index is 613. The Labute approximate surface area is 123 Å². The van der Waals surface area contributed by atoms with Crippen LogP contribution in [0.3, 0.4) is 0 Å². The molecule has 1 atom stereocenters. The first-order chi connectivity index (χ1) is 10.3. The fourth-order valence-electron chi connectivity index (χ4n) is 2.17. The van der Waals surface area contributed by atoms with Crippen LogP contribution in [0.5, 0.6) is 11.5 Å². The highest BCUT2D eigenvalue weighted by atomic mass is 16.7. The lowest BCUT2D eigenvalue weighted by atomic mass is 10.0. The number of ether oxygens (including phenoxy) is 2. The molecule has 0 saturated carbocycles. The largest absolute Gasteiger partial charge is 0.454 e. The average Bonchev–Trinajstić information content (AvgIpc) is 3.00. The van der Waals surface area contributed by atoms with Crippen LogP contribution in [-0.4, -0.2) is 31.1 Å². The van der Waals surface area contributed by atoms with Gasteiger partial charge in [0.25, 0.3) is 0 Å². The lowest BCUT2D eigenvalue weighted by molar-refractivity contribution is 0.174. The van der Waals surface area contributed by atoms with Gasteiger partial charge in [0, 0.05) is 18.3 Å². The zero-order valence-corrected chi connectivity index (χ0v) is 11.6. The van der Waals surface area contributed by atoms with Crippen molar-refractivity contribution in [2.45, 2.75) is 6.04 Å². The first kappa shape index (κ1) is 13.7. The first-order valence-electron chi connectivity index (χ1n) is 6.86. The average molecular weight is 286 g/mol. The minimum Gasteiger partial charge on any atom is -0.454 e. The summed E-state index contributed by atoms with van der Waals surface area (Å²) < 4.78 is 10.7. The van der Waals surface area contributed by atoms with Crippen LogP contribution >= 0.6 is 0 Å². The predicted molar refractivity (Wildman–Crippen MR) is 81.6 cm³/mol. The number of nitrogens with two attached hydrogens (primary N) is 1. The SMILES string of the molecule is N[C@@H](CO)CNc1ccc(-c2ccc3c(c2)OCO3)cc1. The zero-order valence-electron chi connectivity index (χ0n) is 11.6. The number of aliphatic hydroxyl groups excluding tert-OH is 1. The summed E-state index contributed by atoms with van der Waals surface area (Å²) in [5.74, 6) is 1.57. The number of aliphatic hydroxyl groups is 1. The van der Waals surface area contributed by atoms with Gasteiger partial charge in [0.15, 0.2) is 11.5 Å². The molecular weight excluding hydrogens is 268 g/mol. The maximum absolute atomic E-state index is 8.90. The van der Waals surface area contributed by atoms with Crippen molar-refractivity contribution in [3.05, 3.63) is 42.5 Å². The van der Waals surface area contributed by atoms with Gasteiger partial charge in [0.05, 0.1) is 6.61 Å². The molecule has 21 heavy (non-hydrogen) atoms. The Balaban J connectivity index is 1.72. The Morgan fingerprint density at radius 1 is 1.05 bits per heavy atom. The molecule has 3 rings (SSSR count). The van der Waals surface area contributed by atoms with Crippen molar-refractivity contribution in [3.63, 3.8) is 0 Å². The van der Waals surface area contributed by atoms with E-state index in [0.717, 1.165) is 28.3 Å². The molecule has 0 amide bonds. The van der Waals surface area contributed by atoms with Crippen molar-refractivity contribution >= 4 is 5.69 Å². The third-order valence-electron chi connectivity index (χ3n) is 3.39. The van der Waals surface area contributed by atoms with E-state index in [9.17, 15) is 0 Å². The molecule has 0 unspecified atom stereocenters. The molecule has 0 saturated heterocycles. The second kappa shape index (κ2) is 6.03. The van der Waals surface area contributed by atoms with Crippen LogP contribution in [-0.2, 0) is 0 Å². The van der Waals surface area contributed by atoms with Crippen molar-refractivity contribution in [3.8, 4) is 22.6 Å². The molecule has 2 aromatic carbocycles. The van der Waals surface area contributed by atoms with Gasteiger partial charge in [-0.1, -0.05) is 18.2 Å². The van der Waals surface area contributed by atoms with Crippen molar-refractivity contribution in [2.75, 3.05) is 25.3 Å². The van der Waals surface area contributed by atoms with E-state index in [4.69, 9.17) is 20.3 Å². The molecule has 1 heterocycles. The van der Waals surface area contributed by atoms with Crippen molar-refractivity contribution in [1.82, 2.24) is 0 Å². The number of benzene rings is 2. The van der Waals surface area contributed by atoms with Gasteiger partial charge >= 0.3 is 0 Å². The molecule has 4 N–H and O–H groups in total. The maximum Gasteiger partial charge on any atom is 0.231 e. The molecule has 0 aliphatic carbocycles. The van der Waals surface area contributed by atoms with E-state index in [2.05, 4.69) is 5.32 Å². The molecule has 110 valence electrons. The third kappa shape index (κ3) is 3.09. The molecule has 0 radical (unpaired) electrons. The van der Waals surface area contributed by atoms with Gasteiger partial charge in [-0.3, -0.25) is 0 Å². The predicted octanol–water partition coefficient (Wildman–Crippen LogP) is 1.81. The highest BCUT2D eigenvalue weighted by Gasteiger charge is 2.13. The Kier molecular flexibility index (Phi) is 3.94. The molecule has 0 aromatic heterocycles. The quantitative estimate of drug-likeness (QED) is 0.781. The smallest absolute Gasteiger partial charge is 0.231 e. The van der Waals surface area contributed by atoms with E-state index in [1.165, 1.54) is 0 Å². The van der Waals surface area contributed by atoms with E-state index >= 15 is 0 Å². The van der Waals surface area contributed by atoms with Gasteiger partial charge in [-0.05, 0) is 35.4 Å². The van der Waals surface area contributed by atoms with Gasteiger partial charge in [-0.15, -0.1) is 0 Å². The second-order valence-electron chi connectivity index (χ2n) is 4.97. The van der Waals surface area contributed by atoms with Crippen LogP contribution in [0.1, 0.15) is 0 Å². The number of hydrogen-bond acceptors (Lipinski definition) is 5. The number of rotatable bonds is 5. The summed E-state index contributed by atoms with van der Waals surface area (Å²) in [7, 11) is 0. The normalized spacial score (nSPS) is 14.0. The third-order valence-corrected chi connectivity index (χ3v) is 3.39. The summed E-state index contributed by atoms with van der Waals surface area (Å²) in [4.78, 5) is 0. The van der Waals surface area contributed by atoms with Crippen molar-refractivity contribution < 1.29 is 14.6 Å². The molecule has 2 aromatic rings. The van der Waals surface area contributed by atoms with Crippen LogP contribution in [0.2, 0.25) is 0 Å². The molecule has 1 aliphatic rings. The van der Waals surface area contributed by atoms with Crippen LogP contribution in [0, 0.1) is 0 Å². The van der Waals surface area contributed by atoms with Gasteiger partial charge < -0.3 is 25.6 Å². The summed E-state index contributed by atoms with van der Waals surface area (Å²) in [5, 5.41) is 12.1. The monoisotopic (exact) mass is 286 g/mol. The highest BCUT2D eigenvalue weighted by molar-refractivity contribution is 5.69. The van der Waals surface area contributed by atoms with E-state index in [-0.39, 0.29) is 19.4 Å². The van der Waals surface area contributed by atoms with Crippen molar-refractivity contribution in [2.24, 2.45) is 5.73 Å². The van der Waals surface area contributed by atoms with E-state index in [1.54, 1.807) is 0 Å². The Morgan fingerprint density at radius 2 is 1.76 bits per heavy atom. The summed E-state index contributed by atoms with van der Waals surface area (Å²) in [5.41, 5.74) is 8.81. The topological polar surface area (TPSA) is 76.7 Å². The highest BCUT2D eigenvalue weighted by Crippen LogP contribution is 2.36. The second-order valence-corrected chi connectivity index (χ2v) is 4.97. The molecule has 5 nitrogen and oxygen atoms in total. The molecule has 0 spiro atoms. The van der Waals surface area contributed by atoms with Crippen LogP contribution in [0.25, 0.3) is 11.1 Å². The molecule has 0 bridgehead atoms. The Morgan fingerprint density at radius 3 is 2.52 bits per heavy atom.